The predicted molar refractivity (Wildman–Crippen MR) is 136 cm³/mol. The molecule has 0 radical (unpaired) electrons. The van der Waals surface area contributed by atoms with Gasteiger partial charge in [-0.2, -0.15) is 0 Å². The molecule has 4 aromatic rings. The zero-order chi connectivity index (χ0) is 23.6. The van der Waals surface area contributed by atoms with Gasteiger partial charge in [0.15, 0.2) is 0 Å². The van der Waals surface area contributed by atoms with Gasteiger partial charge in [-0.15, -0.1) is 0 Å². The van der Waals surface area contributed by atoms with Crippen LogP contribution in [-0.2, 0) is 5.41 Å². The summed E-state index contributed by atoms with van der Waals surface area (Å²) in [5.74, 6) is 3.21. The van der Waals surface area contributed by atoms with Crippen LogP contribution in [0.25, 0.3) is 0 Å². The van der Waals surface area contributed by atoms with Gasteiger partial charge in [0.1, 0.15) is 23.0 Å². The third-order valence-corrected chi connectivity index (χ3v) is 6.01. The SMILES string of the molecule is Cc1cc(C(C)(C)c2ccc(Oc3ccc(N)cc3)c(C)c2)ccc1Oc1ccc(N)cc1. The summed E-state index contributed by atoms with van der Waals surface area (Å²) in [6.07, 6.45) is 0. The normalized spacial score (nSPS) is 11.3. The fourth-order valence-corrected chi connectivity index (χ4v) is 3.80. The molecule has 0 aliphatic rings. The molecule has 0 bridgehead atoms. The number of nitrogen functional groups attached to an aromatic ring is 2. The number of anilines is 2. The van der Waals surface area contributed by atoms with Crippen molar-refractivity contribution in [3.05, 3.63) is 107 Å². The van der Waals surface area contributed by atoms with E-state index in [1.807, 2.05) is 60.7 Å². The van der Waals surface area contributed by atoms with Gasteiger partial charge in [-0.25, -0.2) is 0 Å². The van der Waals surface area contributed by atoms with Crippen molar-refractivity contribution in [1.82, 2.24) is 0 Å². The molecule has 4 N–H and O–H groups in total. The molecule has 4 rings (SSSR count). The summed E-state index contributed by atoms with van der Waals surface area (Å²) in [5, 5.41) is 0. The molecular formula is C29H30N2O2. The van der Waals surface area contributed by atoms with Gasteiger partial charge in [0, 0.05) is 16.8 Å². The van der Waals surface area contributed by atoms with E-state index in [0.717, 1.165) is 45.5 Å². The maximum absolute atomic E-state index is 6.06. The first-order valence-electron chi connectivity index (χ1n) is 11.0. The van der Waals surface area contributed by atoms with E-state index in [0.29, 0.717) is 0 Å². The van der Waals surface area contributed by atoms with E-state index in [1.54, 1.807) is 0 Å². The summed E-state index contributed by atoms with van der Waals surface area (Å²) in [6, 6.07) is 27.6. The molecule has 0 heterocycles. The summed E-state index contributed by atoms with van der Waals surface area (Å²) in [7, 11) is 0. The van der Waals surface area contributed by atoms with E-state index in [1.165, 1.54) is 11.1 Å². The first kappa shape index (κ1) is 22.3. The van der Waals surface area contributed by atoms with Crippen molar-refractivity contribution in [2.24, 2.45) is 0 Å². The molecule has 0 atom stereocenters. The molecule has 0 saturated heterocycles. The van der Waals surface area contributed by atoms with Crippen LogP contribution in [0.1, 0.15) is 36.1 Å². The molecule has 0 unspecified atom stereocenters. The average molecular weight is 439 g/mol. The van der Waals surface area contributed by atoms with Crippen molar-refractivity contribution in [3.63, 3.8) is 0 Å². The fraction of sp³-hybridized carbons (Fsp3) is 0.172. The van der Waals surface area contributed by atoms with Crippen LogP contribution < -0.4 is 20.9 Å². The molecule has 0 spiro atoms. The third-order valence-electron chi connectivity index (χ3n) is 6.01. The Morgan fingerprint density at radius 3 is 1.24 bits per heavy atom. The van der Waals surface area contributed by atoms with Crippen LogP contribution in [0.15, 0.2) is 84.9 Å². The zero-order valence-corrected chi connectivity index (χ0v) is 19.6. The van der Waals surface area contributed by atoms with Crippen LogP contribution in [0, 0.1) is 13.8 Å². The van der Waals surface area contributed by atoms with Gasteiger partial charge < -0.3 is 20.9 Å². The van der Waals surface area contributed by atoms with Crippen molar-refractivity contribution in [2.45, 2.75) is 33.1 Å². The lowest BCUT2D eigenvalue weighted by molar-refractivity contribution is 0.477. The van der Waals surface area contributed by atoms with Gasteiger partial charge >= 0.3 is 0 Å². The quantitative estimate of drug-likeness (QED) is 0.308. The smallest absolute Gasteiger partial charge is 0.130 e. The molecule has 4 nitrogen and oxygen atoms in total. The van der Waals surface area contributed by atoms with Gasteiger partial charge in [0.2, 0.25) is 0 Å². The molecule has 0 aliphatic carbocycles. The molecule has 0 aromatic heterocycles. The summed E-state index contributed by atoms with van der Waals surface area (Å²) < 4.78 is 12.1. The first-order chi connectivity index (χ1) is 15.7. The average Bonchev–Trinajstić information content (AvgIpc) is 2.79. The Morgan fingerprint density at radius 1 is 0.545 bits per heavy atom. The number of rotatable bonds is 6. The lowest BCUT2D eigenvalue weighted by Crippen LogP contribution is -2.19. The van der Waals surface area contributed by atoms with E-state index in [9.17, 15) is 0 Å². The Kier molecular flexibility index (Phi) is 6.01. The summed E-state index contributed by atoms with van der Waals surface area (Å²) in [5.41, 5.74) is 17.4. The Bertz CT molecular complexity index is 1160. The lowest BCUT2D eigenvalue weighted by Gasteiger charge is -2.28. The molecule has 168 valence electrons. The van der Waals surface area contributed by atoms with E-state index in [4.69, 9.17) is 20.9 Å². The molecule has 0 aliphatic heterocycles. The standard InChI is InChI=1S/C29H30N2O2/c1-19-17-21(5-15-27(19)32-25-11-7-23(30)8-12-25)29(3,4)22-6-16-28(20(2)18-22)33-26-13-9-24(31)10-14-26/h5-18H,30-31H2,1-4H3. The third kappa shape index (κ3) is 4.96. The highest BCUT2D eigenvalue weighted by molar-refractivity contribution is 5.50. The first-order valence-corrected chi connectivity index (χ1v) is 11.0. The Hall–Kier alpha value is -3.92. The van der Waals surface area contributed by atoms with Crippen LogP contribution in [0.5, 0.6) is 23.0 Å². The second kappa shape index (κ2) is 8.91. The van der Waals surface area contributed by atoms with Crippen molar-refractivity contribution in [1.29, 1.82) is 0 Å². The number of benzene rings is 4. The number of hydrogen-bond acceptors (Lipinski definition) is 4. The van der Waals surface area contributed by atoms with Crippen LogP contribution >= 0.6 is 0 Å². The second-order valence-electron chi connectivity index (χ2n) is 8.93. The zero-order valence-electron chi connectivity index (χ0n) is 19.6. The minimum Gasteiger partial charge on any atom is -0.457 e. The van der Waals surface area contributed by atoms with Crippen molar-refractivity contribution < 1.29 is 9.47 Å². The van der Waals surface area contributed by atoms with E-state index in [2.05, 4.69) is 52.0 Å². The fourth-order valence-electron chi connectivity index (χ4n) is 3.80. The maximum Gasteiger partial charge on any atom is 0.130 e. The Labute approximate surface area is 195 Å². The molecule has 33 heavy (non-hydrogen) atoms. The number of hydrogen-bond donors (Lipinski definition) is 2. The maximum atomic E-state index is 6.06. The van der Waals surface area contributed by atoms with E-state index >= 15 is 0 Å². The minimum absolute atomic E-state index is 0.186. The van der Waals surface area contributed by atoms with Gasteiger partial charge in [-0.05, 0) is 96.8 Å². The number of nitrogens with two attached hydrogens (primary N) is 2. The van der Waals surface area contributed by atoms with Gasteiger partial charge in [-0.1, -0.05) is 38.1 Å². The summed E-state index contributed by atoms with van der Waals surface area (Å²) in [6.45, 7) is 8.61. The highest BCUT2D eigenvalue weighted by atomic mass is 16.5. The van der Waals surface area contributed by atoms with E-state index < -0.39 is 0 Å². The molecular weight excluding hydrogens is 408 g/mol. The highest BCUT2D eigenvalue weighted by Gasteiger charge is 2.24. The largest absolute Gasteiger partial charge is 0.457 e. The highest BCUT2D eigenvalue weighted by Crippen LogP contribution is 2.37. The summed E-state index contributed by atoms with van der Waals surface area (Å²) in [4.78, 5) is 0. The lowest BCUT2D eigenvalue weighted by atomic mass is 9.77. The molecule has 4 heteroatoms. The predicted octanol–water partition coefficient (Wildman–Crippen LogP) is 7.38. The Balaban J connectivity index is 1.55. The second-order valence-corrected chi connectivity index (χ2v) is 8.93. The van der Waals surface area contributed by atoms with Gasteiger partial charge in [0.05, 0.1) is 0 Å². The van der Waals surface area contributed by atoms with Crippen LogP contribution in [0.4, 0.5) is 11.4 Å². The number of aryl methyl sites for hydroxylation is 2. The topological polar surface area (TPSA) is 70.5 Å². The van der Waals surface area contributed by atoms with Crippen LogP contribution in [-0.4, -0.2) is 0 Å². The molecule has 4 aromatic carbocycles. The Morgan fingerprint density at radius 2 is 0.909 bits per heavy atom. The van der Waals surface area contributed by atoms with Gasteiger partial charge in [-0.3, -0.25) is 0 Å². The molecule has 0 amide bonds. The molecule has 0 saturated carbocycles. The molecule has 0 fully saturated rings. The van der Waals surface area contributed by atoms with Crippen molar-refractivity contribution in [2.75, 3.05) is 11.5 Å². The van der Waals surface area contributed by atoms with Crippen molar-refractivity contribution >= 4 is 11.4 Å². The number of ether oxygens (including phenoxy) is 2. The van der Waals surface area contributed by atoms with Crippen molar-refractivity contribution in [3.8, 4) is 23.0 Å². The summed E-state index contributed by atoms with van der Waals surface area (Å²) >= 11 is 0. The van der Waals surface area contributed by atoms with Gasteiger partial charge in [0.25, 0.3) is 0 Å². The van der Waals surface area contributed by atoms with E-state index in [-0.39, 0.29) is 5.41 Å². The van der Waals surface area contributed by atoms with Crippen LogP contribution in [0.2, 0.25) is 0 Å². The van der Waals surface area contributed by atoms with Crippen LogP contribution in [0.3, 0.4) is 0 Å². The monoisotopic (exact) mass is 438 g/mol. The minimum atomic E-state index is -0.186.